The van der Waals surface area contributed by atoms with E-state index in [9.17, 15) is 4.79 Å². The van der Waals surface area contributed by atoms with Crippen LogP contribution in [0.2, 0.25) is 0 Å². The van der Waals surface area contributed by atoms with Gasteiger partial charge in [0.25, 0.3) is 0 Å². The fourth-order valence-corrected chi connectivity index (χ4v) is 4.35. The lowest BCUT2D eigenvalue weighted by Gasteiger charge is -2.35. The second-order valence-corrected chi connectivity index (χ2v) is 7.99. The molecule has 2 heterocycles. The second kappa shape index (κ2) is 10.0. The van der Waals surface area contributed by atoms with E-state index >= 15 is 0 Å². The average molecular weight is 425 g/mol. The largest absolute Gasteiger partial charge is 0.492 e. The zero-order valence-corrected chi connectivity index (χ0v) is 18.4. The summed E-state index contributed by atoms with van der Waals surface area (Å²) in [7, 11) is 2.14. The summed E-state index contributed by atoms with van der Waals surface area (Å²) in [4.78, 5) is 17.4. The summed E-state index contributed by atoms with van der Waals surface area (Å²) < 4.78 is 11.2. The maximum absolute atomic E-state index is 12.7. The Labute approximate surface area is 184 Å². The topological polar surface area (TPSA) is 66.1 Å². The molecule has 31 heavy (non-hydrogen) atoms. The van der Waals surface area contributed by atoms with E-state index in [2.05, 4.69) is 45.7 Å². The second-order valence-electron chi connectivity index (χ2n) is 7.99. The van der Waals surface area contributed by atoms with Crippen LogP contribution in [0.15, 0.2) is 42.5 Å². The quantitative estimate of drug-likeness (QED) is 0.714. The first-order chi connectivity index (χ1) is 15.2. The number of urea groups is 1. The molecule has 1 atom stereocenters. The van der Waals surface area contributed by atoms with Gasteiger partial charge in [-0.25, -0.2) is 4.79 Å². The molecule has 166 valence electrons. The molecule has 0 bridgehead atoms. The maximum atomic E-state index is 12.7. The standard InChI is InChI=1S/C24H32N4O3/c1-3-31-23-7-5-4-6-20(23)26-24(29)25-17-22(28-12-14-30-15-13-28)18-8-9-21-19(16-18)10-11-27(21)2/h4-9,16,22H,3,10-15,17H2,1-2H3,(H2,25,26,29). The lowest BCUT2D eigenvalue weighted by atomic mass is 10.0. The normalized spacial score (nSPS) is 17.2. The minimum Gasteiger partial charge on any atom is -0.492 e. The number of ether oxygens (including phenoxy) is 2. The van der Waals surface area contributed by atoms with Crippen LogP contribution in [0, 0.1) is 0 Å². The first-order valence-corrected chi connectivity index (χ1v) is 11.1. The molecular formula is C24H32N4O3. The van der Waals surface area contributed by atoms with E-state index in [0.717, 1.165) is 39.3 Å². The molecular weight excluding hydrogens is 392 g/mol. The van der Waals surface area contributed by atoms with E-state index in [-0.39, 0.29) is 12.1 Å². The summed E-state index contributed by atoms with van der Waals surface area (Å²) in [5.74, 6) is 0.674. The van der Waals surface area contributed by atoms with Gasteiger partial charge in [0.1, 0.15) is 5.75 Å². The third-order valence-corrected chi connectivity index (χ3v) is 5.99. The van der Waals surface area contributed by atoms with Crippen LogP contribution in [-0.4, -0.2) is 64.0 Å². The summed E-state index contributed by atoms with van der Waals surface area (Å²) in [5.41, 5.74) is 4.60. The number of nitrogens with zero attached hydrogens (tertiary/aromatic N) is 2. The summed E-state index contributed by atoms with van der Waals surface area (Å²) in [5, 5.41) is 6.00. The van der Waals surface area contributed by atoms with Gasteiger partial charge in [0.15, 0.2) is 0 Å². The number of rotatable bonds is 7. The maximum Gasteiger partial charge on any atom is 0.319 e. The van der Waals surface area contributed by atoms with Crippen molar-refractivity contribution in [1.82, 2.24) is 10.2 Å². The van der Waals surface area contributed by atoms with E-state index in [1.807, 2.05) is 31.2 Å². The number of anilines is 2. The van der Waals surface area contributed by atoms with Crippen molar-refractivity contribution in [2.45, 2.75) is 19.4 Å². The number of amides is 2. The number of para-hydroxylation sites is 2. The Hall–Kier alpha value is -2.77. The van der Waals surface area contributed by atoms with Crippen molar-refractivity contribution in [3.63, 3.8) is 0 Å². The molecule has 7 heteroatoms. The third kappa shape index (κ3) is 5.11. The van der Waals surface area contributed by atoms with Gasteiger partial charge in [0, 0.05) is 38.9 Å². The van der Waals surface area contributed by atoms with Crippen LogP contribution in [0.25, 0.3) is 0 Å². The van der Waals surface area contributed by atoms with E-state index in [0.29, 0.717) is 24.6 Å². The molecule has 0 radical (unpaired) electrons. The van der Waals surface area contributed by atoms with Gasteiger partial charge < -0.3 is 25.0 Å². The highest BCUT2D eigenvalue weighted by atomic mass is 16.5. The first-order valence-electron chi connectivity index (χ1n) is 11.1. The van der Waals surface area contributed by atoms with Crippen LogP contribution in [-0.2, 0) is 11.2 Å². The van der Waals surface area contributed by atoms with Crippen LogP contribution in [0.1, 0.15) is 24.1 Å². The monoisotopic (exact) mass is 424 g/mol. The van der Waals surface area contributed by atoms with Crippen molar-refractivity contribution in [2.75, 3.05) is 63.3 Å². The van der Waals surface area contributed by atoms with E-state index < -0.39 is 0 Å². The molecule has 2 aromatic rings. The highest BCUT2D eigenvalue weighted by Gasteiger charge is 2.25. The summed E-state index contributed by atoms with van der Waals surface area (Å²) in [6, 6.07) is 14.1. The van der Waals surface area contributed by atoms with Crippen molar-refractivity contribution in [3.05, 3.63) is 53.6 Å². The van der Waals surface area contributed by atoms with Gasteiger partial charge in [-0.1, -0.05) is 24.3 Å². The molecule has 2 amide bonds. The molecule has 2 aliphatic rings. The van der Waals surface area contributed by atoms with Gasteiger partial charge in [-0.05, 0) is 42.7 Å². The Kier molecular flexibility index (Phi) is 6.94. The number of nitrogens with one attached hydrogen (secondary N) is 2. The van der Waals surface area contributed by atoms with Gasteiger partial charge in [-0.3, -0.25) is 4.90 Å². The van der Waals surface area contributed by atoms with Gasteiger partial charge in [0.05, 0.1) is 31.5 Å². The van der Waals surface area contributed by atoms with Crippen LogP contribution in [0.4, 0.5) is 16.2 Å². The Morgan fingerprint density at radius 1 is 1.16 bits per heavy atom. The molecule has 4 rings (SSSR count). The number of likely N-dealkylation sites (N-methyl/N-ethyl adjacent to an activating group) is 1. The number of hydrogen-bond donors (Lipinski definition) is 2. The molecule has 0 saturated carbocycles. The zero-order chi connectivity index (χ0) is 21.6. The molecule has 0 aromatic heterocycles. The van der Waals surface area contributed by atoms with E-state index in [1.165, 1.54) is 16.8 Å². The Balaban J connectivity index is 1.46. The van der Waals surface area contributed by atoms with Crippen LogP contribution in [0.3, 0.4) is 0 Å². The van der Waals surface area contributed by atoms with Gasteiger partial charge >= 0.3 is 6.03 Å². The molecule has 2 N–H and O–H groups in total. The van der Waals surface area contributed by atoms with Gasteiger partial charge in [-0.15, -0.1) is 0 Å². The van der Waals surface area contributed by atoms with E-state index in [4.69, 9.17) is 9.47 Å². The number of carbonyl (C=O) groups is 1. The lowest BCUT2D eigenvalue weighted by Crippen LogP contribution is -2.44. The lowest BCUT2D eigenvalue weighted by molar-refractivity contribution is 0.0168. The SMILES string of the molecule is CCOc1ccccc1NC(=O)NCC(c1ccc2c(c1)CCN2C)N1CCOCC1. The third-order valence-electron chi connectivity index (χ3n) is 5.99. The molecule has 7 nitrogen and oxygen atoms in total. The Morgan fingerprint density at radius 3 is 2.77 bits per heavy atom. The zero-order valence-electron chi connectivity index (χ0n) is 18.4. The van der Waals surface area contributed by atoms with Gasteiger partial charge in [-0.2, -0.15) is 0 Å². The highest BCUT2D eigenvalue weighted by Crippen LogP contribution is 2.31. The first kappa shape index (κ1) is 21.5. The van der Waals surface area contributed by atoms with Crippen molar-refractivity contribution >= 4 is 17.4 Å². The smallest absolute Gasteiger partial charge is 0.319 e. The highest BCUT2D eigenvalue weighted by molar-refractivity contribution is 5.90. The van der Waals surface area contributed by atoms with Crippen molar-refractivity contribution in [1.29, 1.82) is 0 Å². The Bertz CT molecular complexity index is 898. The van der Waals surface area contributed by atoms with Gasteiger partial charge in [0.2, 0.25) is 0 Å². The van der Waals surface area contributed by atoms with Crippen molar-refractivity contribution in [3.8, 4) is 5.75 Å². The number of morpholine rings is 1. The Morgan fingerprint density at radius 2 is 1.97 bits per heavy atom. The minimum atomic E-state index is -0.230. The molecule has 1 unspecified atom stereocenters. The predicted octanol–water partition coefficient (Wildman–Crippen LogP) is 3.27. The van der Waals surface area contributed by atoms with Crippen LogP contribution >= 0.6 is 0 Å². The number of benzene rings is 2. The molecule has 2 aliphatic heterocycles. The summed E-state index contributed by atoms with van der Waals surface area (Å²) >= 11 is 0. The molecule has 0 spiro atoms. The minimum absolute atomic E-state index is 0.105. The summed E-state index contributed by atoms with van der Waals surface area (Å²) in [6.07, 6.45) is 1.07. The molecule has 1 saturated heterocycles. The number of carbonyl (C=O) groups excluding carboxylic acids is 1. The van der Waals surface area contributed by atoms with Crippen LogP contribution < -0.4 is 20.3 Å². The van der Waals surface area contributed by atoms with Crippen LogP contribution in [0.5, 0.6) is 5.75 Å². The molecule has 2 aromatic carbocycles. The molecule has 0 aliphatic carbocycles. The van der Waals surface area contributed by atoms with E-state index in [1.54, 1.807) is 0 Å². The van der Waals surface area contributed by atoms with Crippen molar-refractivity contribution < 1.29 is 14.3 Å². The number of fused-ring (bicyclic) bond motifs is 1. The fourth-order valence-electron chi connectivity index (χ4n) is 4.35. The van der Waals surface area contributed by atoms with Crippen molar-refractivity contribution in [2.24, 2.45) is 0 Å². The summed E-state index contributed by atoms with van der Waals surface area (Å²) in [6.45, 7) is 7.22. The number of hydrogen-bond acceptors (Lipinski definition) is 5. The predicted molar refractivity (Wildman–Crippen MR) is 123 cm³/mol. The average Bonchev–Trinajstić information content (AvgIpc) is 3.16. The molecule has 1 fully saturated rings. The fraction of sp³-hybridized carbons (Fsp3) is 0.458.